The molecule has 0 bridgehead atoms. The number of ether oxygens (including phenoxy) is 2. The molecule has 0 fully saturated rings. The van der Waals surface area contributed by atoms with Gasteiger partial charge in [-0.05, 0) is 34.7 Å². The maximum atomic E-state index is 12.9. The maximum Gasteiger partial charge on any atom is 0.408 e. The summed E-state index contributed by atoms with van der Waals surface area (Å²) in [5.74, 6) is -1.22. The largest absolute Gasteiger partial charge is 0.467 e. The van der Waals surface area contributed by atoms with Crippen LogP contribution in [-0.2, 0) is 19.1 Å². The van der Waals surface area contributed by atoms with Crippen molar-refractivity contribution in [2.24, 2.45) is 0 Å². The Morgan fingerprint density at radius 1 is 0.824 bits per heavy atom. The molecular formula is C27H26N2O5. The Labute approximate surface area is 198 Å². The summed E-state index contributed by atoms with van der Waals surface area (Å²) >= 11 is 0. The highest BCUT2D eigenvalue weighted by molar-refractivity contribution is 5.90. The summed E-state index contributed by atoms with van der Waals surface area (Å²) in [7, 11) is 1.24. The monoisotopic (exact) mass is 458 g/mol. The van der Waals surface area contributed by atoms with Gasteiger partial charge >= 0.3 is 12.1 Å². The normalized spacial score (nSPS) is 13.7. The first-order valence-corrected chi connectivity index (χ1v) is 11.0. The first-order chi connectivity index (χ1) is 16.5. The Morgan fingerprint density at radius 3 is 1.97 bits per heavy atom. The number of hydrogen-bond donors (Lipinski definition) is 2. The molecule has 1 aliphatic rings. The molecule has 2 amide bonds. The van der Waals surface area contributed by atoms with Crippen LogP contribution in [0.15, 0.2) is 78.9 Å². The van der Waals surface area contributed by atoms with E-state index in [2.05, 4.69) is 27.5 Å². The lowest BCUT2D eigenvalue weighted by Gasteiger charge is -2.21. The van der Waals surface area contributed by atoms with Crippen molar-refractivity contribution in [2.45, 2.75) is 24.9 Å². The van der Waals surface area contributed by atoms with Gasteiger partial charge in [0.2, 0.25) is 5.91 Å². The zero-order chi connectivity index (χ0) is 24.1. The van der Waals surface area contributed by atoms with Gasteiger partial charge in [0, 0.05) is 5.92 Å². The summed E-state index contributed by atoms with van der Waals surface area (Å²) in [6, 6.07) is 23.0. The molecule has 1 aliphatic carbocycles. The summed E-state index contributed by atoms with van der Waals surface area (Å²) < 4.78 is 10.3. The smallest absolute Gasteiger partial charge is 0.408 e. The van der Waals surface area contributed by atoms with Crippen LogP contribution in [0.5, 0.6) is 0 Å². The summed E-state index contributed by atoms with van der Waals surface area (Å²) in [5.41, 5.74) is 5.02. The van der Waals surface area contributed by atoms with Crippen LogP contribution in [-0.4, -0.2) is 37.7 Å². The molecule has 0 saturated heterocycles. The Morgan fingerprint density at radius 2 is 1.38 bits per heavy atom. The summed E-state index contributed by atoms with van der Waals surface area (Å²) in [4.78, 5) is 37.4. The average molecular weight is 459 g/mol. The standard InChI is InChI=1S/C27H26N2O5/c1-17(26(31)33-2)28-25(30)24(18-10-4-3-5-11-18)29-27(32)34-16-23-21-14-8-6-12-19(21)20-13-7-9-15-22(20)23/h3-15,17,23-24H,16H2,1-2H3,(H,28,30)(H,29,32)/t17-,24+/m0/s1. The number of carbonyl (C=O) groups excluding carboxylic acids is 3. The third-order valence-corrected chi connectivity index (χ3v) is 5.91. The molecule has 2 atom stereocenters. The SMILES string of the molecule is COC(=O)[C@H](C)NC(=O)[C@H](NC(=O)OCC1c2ccccc2-c2ccccc21)c1ccccc1. The maximum absolute atomic E-state index is 12.9. The first kappa shape index (κ1) is 23.0. The van der Waals surface area contributed by atoms with Gasteiger partial charge < -0.3 is 20.1 Å². The highest BCUT2D eigenvalue weighted by atomic mass is 16.5. The van der Waals surface area contributed by atoms with E-state index in [-0.39, 0.29) is 12.5 Å². The number of esters is 1. The second kappa shape index (κ2) is 10.2. The summed E-state index contributed by atoms with van der Waals surface area (Å²) in [6.45, 7) is 1.64. The lowest BCUT2D eigenvalue weighted by molar-refractivity contribution is -0.144. The van der Waals surface area contributed by atoms with Gasteiger partial charge in [0.15, 0.2) is 0 Å². The number of alkyl carbamates (subject to hydrolysis) is 1. The predicted octanol–water partition coefficient (Wildman–Crippen LogP) is 3.94. The number of hydrogen-bond acceptors (Lipinski definition) is 5. The van der Waals surface area contributed by atoms with Crippen LogP contribution in [0, 0.1) is 0 Å². The highest BCUT2D eigenvalue weighted by Gasteiger charge is 2.30. The number of carbonyl (C=O) groups is 3. The lowest BCUT2D eigenvalue weighted by atomic mass is 9.98. The molecule has 4 rings (SSSR count). The molecule has 7 nitrogen and oxygen atoms in total. The molecule has 0 radical (unpaired) electrons. The fourth-order valence-electron chi connectivity index (χ4n) is 4.24. The third-order valence-electron chi connectivity index (χ3n) is 5.91. The molecule has 0 aliphatic heterocycles. The number of rotatable bonds is 7. The second-order valence-corrected chi connectivity index (χ2v) is 8.07. The van der Waals surface area contributed by atoms with Crippen molar-refractivity contribution in [3.05, 3.63) is 95.6 Å². The zero-order valence-electron chi connectivity index (χ0n) is 19.0. The minimum absolute atomic E-state index is 0.0958. The van der Waals surface area contributed by atoms with E-state index < -0.39 is 30.1 Å². The molecule has 7 heteroatoms. The molecule has 34 heavy (non-hydrogen) atoms. The molecule has 0 saturated carbocycles. The molecule has 0 spiro atoms. The van der Waals surface area contributed by atoms with Gasteiger partial charge in [-0.25, -0.2) is 9.59 Å². The number of methoxy groups -OCH3 is 1. The Kier molecular flexibility index (Phi) is 6.92. The topological polar surface area (TPSA) is 93.7 Å². The van der Waals surface area contributed by atoms with E-state index >= 15 is 0 Å². The summed E-state index contributed by atoms with van der Waals surface area (Å²) in [6.07, 6.45) is -0.725. The van der Waals surface area contributed by atoms with Crippen molar-refractivity contribution < 1.29 is 23.9 Å². The number of amides is 2. The van der Waals surface area contributed by atoms with Crippen LogP contribution in [0.4, 0.5) is 4.79 Å². The van der Waals surface area contributed by atoms with E-state index in [0.29, 0.717) is 5.56 Å². The molecule has 174 valence electrons. The van der Waals surface area contributed by atoms with Crippen LogP contribution in [0.25, 0.3) is 11.1 Å². The Hall–Kier alpha value is -4.13. The third kappa shape index (κ3) is 4.78. The average Bonchev–Trinajstić information content (AvgIpc) is 3.19. The fraction of sp³-hybridized carbons (Fsp3) is 0.222. The Balaban J connectivity index is 1.47. The zero-order valence-corrected chi connectivity index (χ0v) is 19.0. The van der Waals surface area contributed by atoms with Crippen molar-refractivity contribution >= 4 is 18.0 Å². The summed E-state index contributed by atoms with van der Waals surface area (Å²) in [5, 5.41) is 5.22. The van der Waals surface area contributed by atoms with E-state index in [0.717, 1.165) is 22.3 Å². The van der Waals surface area contributed by atoms with Gasteiger partial charge in [0.05, 0.1) is 7.11 Å². The van der Waals surface area contributed by atoms with Crippen molar-refractivity contribution in [2.75, 3.05) is 13.7 Å². The van der Waals surface area contributed by atoms with Crippen LogP contribution in [0.3, 0.4) is 0 Å². The van der Waals surface area contributed by atoms with Crippen LogP contribution in [0.1, 0.15) is 35.6 Å². The van der Waals surface area contributed by atoms with Crippen molar-refractivity contribution in [3.8, 4) is 11.1 Å². The van der Waals surface area contributed by atoms with Crippen LogP contribution < -0.4 is 10.6 Å². The minimum atomic E-state index is -1.04. The van der Waals surface area contributed by atoms with Gasteiger partial charge in [0.1, 0.15) is 18.7 Å². The fourth-order valence-corrected chi connectivity index (χ4v) is 4.24. The first-order valence-electron chi connectivity index (χ1n) is 11.0. The van der Waals surface area contributed by atoms with Crippen molar-refractivity contribution in [3.63, 3.8) is 0 Å². The van der Waals surface area contributed by atoms with Gasteiger partial charge in [-0.3, -0.25) is 4.79 Å². The van der Waals surface area contributed by atoms with E-state index in [9.17, 15) is 14.4 Å². The van der Waals surface area contributed by atoms with Gasteiger partial charge in [0.25, 0.3) is 0 Å². The molecular weight excluding hydrogens is 432 g/mol. The molecule has 3 aromatic carbocycles. The van der Waals surface area contributed by atoms with Gasteiger partial charge in [-0.1, -0.05) is 78.9 Å². The van der Waals surface area contributed by atoms with Crippen molar-refractivity contribution in [1.29, 1.82) is 0 Å². The molecule has 0 aromatic heterocycles. The van der Waals surface area contributed by atoms with E-state index in [1.165, 1.54) is 14.0 Å². The van der Waals surface area contributed by atoms with Gasteiger partial charge in [-0.2, -0.15) is 0 Å². The van der Waals surface area contributed by atoms with E-state index in [1.54, 1.807) is 24.3 Å². The van der Waals surface area contributed by atoms with Crippen LogP contribution >= 0.6 is 0 Å². The van der Waals surface area contributed by atoms with E-state index in [4.69, 9.17) is 4.74 Å². The number of fused-ring (bicyclic) bond motifs is 3. The lowest BCUT2D eigenvalue weighted by Crippen LogP contribution is -2.46. The Bertz CT molecular complexity index is 1150. The van der Waals surface area contributed by atoms with Gasteiger partial charge in [-0.15, -0.1) is 0 Å². The predicted molar refractivity (Wildman–Crippen MR) is 127 cm³/mol. The number of nitrogens with one attached hydrogen (secondary N) is 2. The second-order valence-electron chi connectivity index (χ2n) is 8.07. The van der Waals surface area contributed by atoms with Crippen molar-refractivity contribution in [1.82, 2.24) is 10.6 Å². The quantitative estimate of drug-likeness (QED) is 0.523. The molecule has 0 unspecified atom stereocenters. The molecule has 3 aromatic rings. The minimum Gasteiger partial charge on any atom is -0.467 e. The highest BCUT2D eigenvalue weighted by Crippen LogP contribution is 2.44. The number of benzene rings is 3. The van der Waals surface area contributed by atoms with Crippen LogP contribution in [0.2, 0.25) is 0 Å². The molecule has 0 heterocycles. The molecule has 2 N–H and O–H groups in total. The van der Waals surface area contributed by atoms with E-state index in [1.807, 2.05) is 42.5 Å².